The molecule has 162 valence electrons. The van der Waals surface area contributed by atoms with Gasteiger partial charge in [0.2, 0.25) is 5.91 Å². The van der Waals surface area contributed by atoms with E-state index in [1.165, 1.54) is 17.3 Å². The Bertz CT molecular complexity index is 1240. The van der Waals surface area contributed by atoms with Crippen LogP contribution in [0.2, 0.25) is 0 Å². The molecule has 2 aromatic carbocycles. The Morgan fingerprint density at radius 2 is 1.94 bits per heavy atom. The molecule has 0 unspecified atom stereocenters. The van der Waals surface area contributed by atoms with E-state index in [4.69, 9.17) is 9.15 Å². The van der Waals surface area contributed by atoms with Crippen molar-refractivity contribution in [1.82, 2.24) is 14.8 Å². The van der Waals surface area contributed by atoms with Gasteiger partial charge in [0.15, 0.2) is 11.0 Å². The fraction of sp³-hybridized carbons (Fsp3) is 0.208. The average Bonchev–Trinajstić information content (AvgIpc) is 3.58. The number of furan rings is 1. The van der Waals surface area contributed by atoms with Crippen molar-refractivity contribution in [2.75, 3.05) is 24.3 Å². The molecule has 3 heterocycles. The number of benzene rings is 2. The molecule has 0 saturated heterocycles. The van der Waals surface area contributed by atoms with Gasteiger partial charge in [0.25, 0.3) is 0 Å². The lowest BCUT2D eigenvalue weighted by atomic mass is 10.2. The zero-order chi connectivity index (χ0) is 21.9. The van der Waals surface area contributed by atoms with Crippen LogP contribution in [0.4, 0.5) is 5.69 Å². The van der Waals surface area contributed by atoms with E-state index in [0.717, 1.165) is 23.4 Å². The summed E-state index contributed by atoms with van der Waals surface area (Å²) in [6, 6.07) is 19.5. The van der Waals surface area contributed by atoms with Crippen molar-refractivity contribution in [1.29, 1.82) is 0 Å². The van der Waals surface area contributed by atoms with Crippen LogP contribution >= 0.6 is 11.8 Å². The molecule has 4 aromatic rings. The molecule has 0 saturated carbocycles. The first-order valence-electron chi connectivity index (χ1n) is 10.3. The van der Waals surface area contributed by atoms with Crippen LogP contribution in [0.1, 0.15) is 11.3 Å². The third kappa shape index (κ3) is 3.89. The molecule has 5 rings (SSSR count). The first-order valence-corrected chi connectivity index (χ1v) is 11.3. The summed E-state index contributed by atoms with van der Waals surface area (Å²) < 4.78 is 13.1. The molecule has 32 heavy (non-hydrogen) atoms. The number of anilines is 1. The van der Waals surface area contributed by atoms with Crippen LogP contribution in [-0.4, -0.2) is 40.1 Å². The standard InChI is InChI=1S/C24H22N4O3S/c1-30-21-11-5-3-9-19(21)23-25-26-24(28(23)15-18-8-6-14-31-18)32-16-22(29)27-13-12-17-7-2-4-10-20(17)27/h2-11,14H,12-13,15-16H2,1H3. The minimum absolute atomic E-state index is 0.0614. The highest BCUT2D eigenvalue weighted by molar-refractivity contribution is 7.99. The third-order valence-corrected chi connectivity index (χ3v) is 6.42. The third-order valence-electron chi connectivity index (χ3n) is 5.47. The van der Waals surface area contributed by atoms with Crippen LogP contribution in [0.25, 0.3) is 11.4 Å². The molecular weight excluding hydrogens is 424 g/mol. The summed E-state index contributed by atoms with van der Waals surface area (Å²) in [5.74, 6) is 2.49. The lowest BCUT2D eigenvalue weighted by Gasteiger charge is -2.17. The number of ether oxygens (including phenoxy) is 1. The number of carbonyl (C=O) groups excluding carboxylic acids is 1. The Kier molecular flexibility index (Phi) is 5.68. The van der Waals surface area contributed by atoms with E-state index < -0.39 is 0 Å². The molecule has 0 N–H and O–H groups in total. The quantitative estimate of drug-likeness (QED) is 0.395. The van der Waals surface area contributed by atoms with Crippen molar-refractivity contribution < 1.29 is 13.9 Å². The predicted octanol–water partition coefficient (Wildman–Crippen LogP) is 4.28. The largest absolute Gasteiger partial charge is 0.496 e. The number of hydrogen-bond donors (Lipinski definition) is 0. The van der Waals surface area contributed by atoms with E-state index in [1.807, 2.05) is 64.1 Å². The van der Waals surface area contributed by atoms with E-state index in [-0.39, 0.29) is 11.7 Å². The summed E-state index contributed by atoms with van der Waals surface area (Å²) in [5, 5.41) is 9.49. The molecule has 1 amide bonds. The maximum absolute atomic E-state index is 13.0. The molecular formula is C24H22N4O3S. The van der Waals surface area contributed by atoms with Crippen molar-refractivity contribution in [3.05, 3.63) is 78.3 Å². The first kappa shape index (κ1) is 20.4. The van der Waals surface area contributed by atoms with Gasteiger partial charge in [0.05, 0.1) is 31.2 Å². The highest BCUT2D eigenvalue weighted by Gasteiger charge is 2.25. The summed E-state index contributed by atoms with van der Waals surface area (Å²) in [6.45, 7) is 1.17. The van der Waals surface area contributed by atoms with Gasteiger partial charge < -0.3 is 14.1 Å². The summed E-state index contributed by atoms with van der Waals surface area (Å²) >= 11 is 1.38. The number of aromatic nitrogens is 3. The number of thioether (sulfide) groups is 1. The van der Waals surface area contributed by atoms with Crippen molar-refractivity contribution in [2.24, 2.45) is 0 Å². The van der Waals surface area contributed by atoms with Crippen LogP contribution in [0, 0.1) is 0 Å². The number of hydrogen-bond acceptors (Lipinski definition) is 6. The normalized spacial score (nSPS) is 12.7. The molecule has 2 aromatic heterocycles. The van der Waals surface area contributed by atoms with Gasteiger partial charge in [-0.3, -0.25) is 9.36 Å². The van der Waals surface area contributed by atoms with Crippen LogP contribution < -0.4 is 9.64 Å². The van der Waals surface area contributed by atoms with Gasteiger partial charge >= 0.3 is 0 Å². The van der Waals surface area contributed by atoms with Crippen molar-refractivity contribution in [3.8, 4) is 17.1 Å². The molecule has 7 nitrogen and oxygen atoms in total. The molecule has 0 atom stereocenters. The zero-order valence-corrected chi connectivity index (χ0v) is 18.4. The monoisotopic (exact) mass is 446 g/mol. The molecule has 0 aliphatic carbocycles. The zero-order valence-electron chi connectivity index (χ0n) is 17.6. The molecule has 0 spiro atoms. The Labute approximate surface area is 190 Å². The smallest absolute Gasteiger partial charge is 0.237 e. The lowest BCUT2D eigenvalue weighted by molar-refractivity contribution is -0.116. The summed E-state index contributed by atoms with van der Waals surface area (Å²) in [6.07, 6.45) is 2.53. The van der Waals surface area contributed by atoms with E-state index >= 15 is 0 Å². The maximum atomic E-state index is 13.0. The molecule has 1 aliphatic rings. The molecule has 0 fully saturated rings. The van der Waals surface area contributed by atoms with Crippen LogP contribution in [-0.2, 0) is 17.8 Å². The van der Waals surface area contributed by atoms with Crippen molar-refractivity contribution >= 4 is 23.4 Å². The van der Waals surface area contributed by atoms with Gasteiger partial charge in [-0.15, -0.1) is 10.2 Å². The number of amides is 1. The number of nitrogens with zero attached hydrogens (tertiary/aromatic N) is 4. The number of methoxy groups -OCH3 is 1. The summed E-state index contributed by atoms with van der Waals surface area (Å²) in [4.78, 5) is 14.9. The van der Waals surface area contributed by atoms with Crippen molar-refractivity contribution in [2.45, 2.75) is 18.1 Å². The van der Waals surface area contributed by atoms with E-state index in [0.29, 0.717) is 29.8 Å². The van der Waals surface area contributed by atoms with E-state index in [2.05, 4.69) is 16.3 Å². The number of rotatable bonds is 7. The van der Waals surface area contributed by atoms with Gasteiger partial charge in [0.1, 0.15) is 11.5 Å². The summed E-state index contributed by atoms with van der Waals surface area (Å²) in [7, 11) is 1.63. The average molecular weight is 447 g/mol. The van der Waals surface area contributed by atoms with Crippen LogP contribution in [0.15, 0.2) is 76.5 Å². The Morgan fingerprint density at radius 1 is 1.09 bits per heavy atom. The predicted molar refractivity (Wildman–Crippen MR) is 123 cm³/mol. The molecule has 8 heteroatoms. The van der Waals surface area contributed by atoms with Crippen LogP contribution in [0.3, 0.4) is 0 Å². The summed E-state index contributed by atoms with van der Waals surface area (Å²) in [5.41, 5.74) is 3.05. The Hall–Kier alpha value is -3.52. The number of carbonyl (C=O) groups is 1. The van der Waals surface area contributed by atoms with Gasteiger partial charge in [-0.25, -0.2) is 0 Å². The van der Waals surface area contributed by atoms with Crippen molar-refractivity contribution in [3.63, 3.8) is 0 Å². The number of para-hydroxylation sites is 2. The number of fused-ring (bicyclic) bond motifs is 1. The molecule has 0 bridgehead atoms. The first-order chi connectivity index (χ1) is 15.7. The fourth-order valence-corrected chi connectivity index (χ4v) is 4.74. The SMILES string of the molecule is COc1ccccc1-c1nnc(SCC(=O)N2CCc3ccccc32)n1Cc1ccco1. The molecule has 1 aliphatic heterocycles. The van der Waals surface area contributed by atoms with E-state index in [9.17, 15) is 4.79 Å². The highest BCUT2D eigenvalue weighted by Crippen LogP contribution is 2.32. The minimum Gasteiger partial charge on any atom is -0.496 e. The minimum atomic E-state index is 0.0614. The van der Waals surface area contributed by atoms with E-state index in [1.54, 1.807) is 13.4 Å². The lowest BCUT2D eigenvalue weighted by Crippen LogP contribution is -2.30. The highest BCUT2D eigenvalue weighted by atomic mass is 32.2. The second kappa shape index (κ2) is 8.92. The van der Waals surface area contributed by atoms with Gasteiger partial charge in [-0.1, -0.05) is 42.1 Å². The second-order valence-electron chi connectivity index (χ2n) is 7.38. The Morgan fingerprint density at radius 3 is 2.78 bits per heavy atom. The second-order valence-corrected chi connectivity index (χ2v) is 8.33. The molecule has 0 radical (unpaired) electrons. The van der Waals surface area contributed by atoms with Gasteiger partial charge in [-0.05, 0) is 42.3 Å². The maximum Gasteiger partial charge on any atom is 0.237 e. The van der Waals surface area contributed by atoms with Gasteiger partial charge in [-0.2, -0.15) is 0 Å². The Balaban J connectivity index is 1.41. The fourth-order valence-electron chi connectivity index (χ4n) is 3.93. The van der Waals surface area contributed by atoms with Gasteiger partial charge in [0, 0.05) is 12.2 Å². The topological polar surface area (TPSA) is 73.4 Å². The van der Waals surface area contributed by atoms with Crippen LogP contribution in [0.5, 0.6) is 5.75 Å².